The van der Waals surface area contributed by atoms with Gasteiger partial charge in [-0.15, -0.1) is 5.10 Å². The summed E-state index contributed by atoms with van der Waals surface area (Å²) >= 11 is 0. The number of aromatic nitrogens is 3. The Morgan fingerprint density at radius 1 is 1.04 bits per heavy atom. The lowest BCUT2D eigenvalue weighted by molar-refractivity contribution is -0.116. The molecule has 0 saturated heterocycles. The van der Waals surface area contributed by atoms with Crippen molar-refractivity contribution in [2.45, 2.75) is 32.2 Å². The number of aryl methyl sites for hydroxylation is 1. The van der Waals surface area contributed by atoms with Crippen LogP contribution in [0.3, 0.4) is 0 Å². The summed E-state index contributed by atoms with van der Waals surface area (Å²) in [5.74, 6) is -0.450. The molecule has 0 fully saturated rings. The van der Waals surface area contributed by atoms with E-state index in [1.54, 1.807) is 18.2 Å². The Balaban J connectivity index is 1.43. The molecule has 0 unspecified atom stereocenters. The number of amides is 1. The third kappa shape index (κ3) is 4.50. The molecule has 0 radical (unpaired) electrons. The lowest BCUT2D eigenvalue weighted by Crippen LogP contribution is -2.24. The molecule has 7 heteroatoms. The van der Waals surface area contributed by atoms with Gasteiger partial charge in [0.05, 0.1) is 5.39 Å². The van der Waals surface area contributed by atoms with Crippen molar-refractivity contribution >= 4 is 22.5 Å². The Labute approximate surface area is 149 Å². The number of nitrogens with zero attached hydrogens (tertiary/aromatic N) is 3. The number of rotatable bonds is 7. The number of nitrogens with one attached hydrogen (secondary N) is 1. The van der Waals surface area contributed by atoms with Gasteiger partial charge in [-0.25, -0.2) is 9.07 Å². The lowest BCUT2D eigenvalue weighted by Gasteiger charge is -2.06. The lowest BCUT2D eigenvalue weighted by atomic mass is 10.2. The van der Waals surface area contributed by atoms with Gasteiger partial charge in [-0.3, -0.25) is 9.59 Å². The summed E-state index contributed by atoms with van der Waals surface area (Å²) in [6.07, 6.45) is 2.59. The molecule has 2 aromatic carbocycles. The molecule has 0 spiro atoms. The van der Waals surface area contributed by atoms with Crippen LogP contribution in [0.4, 0.5) is 10.1 Å². The molecule has 0 aliphatic heterocycles. The van der Waals surface area contributed by atoms with E-state index in [1.807, 2.05) is 6.07 Å². The second-order valence-corrected chi connectivity index (χ2v) is 6.00. The molecule has 6 nitrogen and oxygen atoms in total. The van der Waals surface area contributed by atoms with Gasteiger partial charge in [0.25, 0.3) is 5.56 Å². The first-order valence-electron chi connectivity index (χ1n) is 8.51. The Morgan fingerprint density at radius 3 is 2.62 bits per heavy atom. The molecule has 1 aromatic heterocycles. The van der Waals surface area contributed by atoms with Crippen LogP contribution < -0.4 is 10.9 Å². The molecule has 26 heavy (non-hydrogen) atoms. The van der Waals surface area contributed by atoms with Gasteiger partial charge < -0.3 is 5.32 Å². The minimum absolute atomic E-state index is 0.112. The molecule has 0 atom stereocenters. The molecule has 0 bridgehead atoms. The van der Waals surface area contributed by atoms with Crippen molar-refractivity contribution in [3.63, 3.8) is 0 Å². The monoisotopic (exact) mass is 354 g/mol. The number of anilines is 1. The van der Waals surface area contributed by atoms with E-state index in [1.165, 1.54) is 28.9 Å². The first-order chi connectivity index (χ1) is 12.6. The standard InChI is InChI=1S/C19H19FN4O2/c20-14-9-11-15(12-10-14)21-18(25)8-2-1-5-13-24-19(26)16-6-3-4-7-17(16)22-23-24/h3-4,6-7,9-12H,1-2,5,8,13H2,(H,21,25). The van der Waals surface area contributed by atoms with E-state index < -0.39 is 0 Å². The zero-order valence-corrected chi connectivity index (χ0v) is 14.2. The molecule has 1 amide bonds. The average molecular weight is 354 g/mol. The smallest absolute Gasteiger partial charge is 0.277 e. The van der Waals surface area contributed by atoms with E-state index in [-0.39, 0.29) is 17.3 Å². The number of benzene rings is 2. The number of hydrogen-bond acceptors (Lipinski definition) is 4. The third-order valence-electron chi connectivity index (χ3n) is 4.03. The van der Waals surface area contributed by atoms with Crippen LogP contribution >= 0.6 is 0 Å². The number of carbonyl (C=O) groups excluding carboxylic acids is 1. The minimum atomic E-state index is -0.338. The quantitative estimate of drug-likeness (QED) is 0.661. The van der Waals surface area contributed by atoms with Crippen LogP contribution in [0, 0.1) is 5.82 Å². The Kier molecular flexibility index (Phi) is 5.68. The maximum atomic E-state index is 12.8. The molecule has 0 saturated carbocycles. The average Bonchev–Trinajstić information content (AvgIpc) is 2.65. The van der Waals surface area contributed by atoms with Gasteiger partial charge in [0.1, 0.15) is 11.3 Å². The first-order valence-corrected chi connectivity index (χ1v) is 8.51. The van der Waals surface area contributed by atoms with Gasteiger partial charge in [0, 0.05) is 18.7 Å². The van der Waals surface area contributed by atoms with Crippen molar-refractivity contribution < 1.29 is 9.18 Å². The third-order valence-corrected chi connectivity index (χ3v) is 4.03. The molecule has 3 aromatic rings. The molecule has 134 valence electrons. The predicted molar refractivity (Wildman–Crippen MR) is 97.3 cm³/mol. The van der Waals surface area contributed by atoms with E-state index in [0.717, 1.165) is 12.8 Å². The molecule has 1 heterocycles. The predicted octanol–water partition coefficient (Wildman–Crippen LogP) is 3.13. The van der Waals surface area contributed by atoms with Gasteiger partial charge in [-0.1, -0.05) is 23.8 Å². The Bertz CT molecular complexity index is 954. The molecule has 3 rings (SSSR count). The highest BCUT2D eigenvalue weighted by molar-refractivity contribution is 5.90. The Hall–Kier alpha value is -3.09. The minimum Gasteiger partial charge on any atom is -0.326 e. The highest BCUT2D eigenvalue weighted by Crippen LogP contribution is 2.10. The number of unbranched alkanes of at least 4 members (excludes halogenated alkanes) is 2. The zero-order valence-electron chi connectivity index (χ0n) is 14.2. The van der Waals surface area contributed by atoms with Crippen LogP contribution in [0.2, 0.25) is 0 Å². The van der Waals surface area contributed by atoms with Crippen molar-refractivity contribution in [2.75, 3.05) is 5.32 Å². The largest absolute Gasteiger partial charge is 0.326 e. The number of carbonyl (C=O) groups is 1. The SMILES string of the molecule is O=C(CCCCCn1nnc2ccccc2c1=O)Nc1ccc(F)cc1. The molecule has 0 aliphatic rings. The van der Waals surface area contributed by atoms with Crippen LogP contribution in [0.5, 0.6) is 0 Å². The van der Waals surface area contributed by atoms with Crippen molar-refractivity contribution in [1.82, 2.24) is 15.0 Å². The van der Waals surface area contributed by atoms with Gasteiger partial charge in [-0.2, -0.15) is 0 Å². The fraction of sp³-hybridized carbons (Fsp3) is 0.263. The highest BCUT2D eigenvalue weighted by atomic mass is 19.1. The second kappa shape index (κ2) is 8.33. The number of fused-ring (bicyclic) bond motifs is 1. The summed E-state index contributed by atoms with van der Waals surface area (Å²) in [5, 5.41) is 11.3. The maximum absolute atomic E-state index is 12.8. The fourth-order valence-electron chi connectivity index (χ4n) is 2.65. The van der Waals surface area contributed by atoms with E-state index in [4.69, 9.17) is 0 Å². The topological polar surface area (TPSA) is 76.9 Å². The molecular weight excluding hydrogens is 335 g/mol. The van der Waals surface area contributed by atoms with E-state index in [2.05, 4.69) is 15.6 Å². The zero-order chi connectivity index (χ0) is 18.4. The molecule has 0 aliphatic carbocycles. The van der Waals surface area contributed by atoms with Crippen LogP contribution in [0.1, 0.15) is 25.7 Å². The van der Waals surface area contributed by atoms with Crippen LogP contribution in [-0.4, -0.2) is 20.9 Å². The summed E-state index contributed by atoms with van der Waals surface area (Å²) in [6, 6.07) is 12.8. The van der Waals surface area contributed by atoms with Gasteiger partial charge >= 0.3 is 0 Å². The van der Waals surface area contributed by atoms with Gasteiger partial charge in [0.15, 0.2) is 0 Å². The van der Waals surface area contributed by atoms with Crippen LogP contribution in [0.15, 0.2) is 53.3 Å². The van der Waals surface area contributed by atoms with Gasteiger partial charge in [-0.05, 0) is 49.2 Å². The fourth-order valence-corrected chi connectivity index (χ4v) is 2.65. The summed E-state index contributed by atoms with van der Waals surface area (Å²) in [7, 11) is 0. The van der Waals surface area contributed by atoms with Crippen molar-refractivity contribution in [3.8, 4) is 0 Å². The first kappa shape index (κ1) is 17.7. The summed E-state index contributed by atoms with van der Waals surface area (Å²) < 4.78 is 14.2. The van der Waals surface area contributed by atoms with Crippen molar-refractivity contribution in [1.29, 1.82) is 0 Å². The number of halogens is 1. The van der Waals surface area contributed by atoms with Crippen molar-refractivity contribution in [3.05, 3.63) is 64.7 Å². The van der Waals surface area contributed by atoms with E-state index in [0.29, 0.717) is 36.0 Å². The summed E-state index contributed by atoms with van der Waals surface area (Å²) in [5.41, 5.74) is 1.02. The van der Waals surface area contributed by atoms with Gasteiger partial charge in [0.2, 0.25) is 5.91 Å². The number of hydrogen-bond donors (Lipinski definition) is 1. The maximum Gasteiger partial charge on any atom is 0.277 e. The van der Waals surface area contributed by atoms with E-state index >= 15 is 0 Å². The summed E-state index contributed by atoms with van der Waals surface area (Å²) in [4.78, 5) is 24.1. The highest BCUT2D eigenvalue weighted by Gasteiger charge is 2.06. The second-order valence-electron chi connectivity index (χ2n) is 6.00. The molecule has 1 N–H and O–H groups in total. The van der Waals surface area contributed by atoms with Crippen LogP contribution in [-0.2, 0) is 11.3 Å². The summed E-state index contributed by atoms with van der Waals surface area (Å²) in [6.45, 7) is 0.469. The van der Waals surface area contributed by atoms with E-state index in [9.17, 15) is 14.0 Å². The normalized spacial score (nSPS) is 10.8. The Morgan fingerprint density at radius 2 is 1.81 bits per heavy atom. The molecular formula is C19H19FN4O2. The van der Waals surface area contributed by atoms with Crippen molar-refractivity contribution in [2.24, 2.45) is 0 Å². The van der Waals surface area contributed by atoms with Crippen LogP contribution in [0.25, 0.3) is 10.9 Å².